The van der Waals surface area contributed by atoms with E-state index in [1.54, 1.807) is 24.6 Å². The fourth-order valence-corrected chi connectivity index (χ4v) is 3.31. The Hall–Kier alpha value is -2.15. The van der Waals surface area contributed by atoms with Crippen LogP contribution >= 0.6 is 11.3 Å². The summed E-state index contributed by atoms with van der Waals surface area (Å²) in [4.78, 5) is 20.9. The van der Waals surface area contributed by atoms with Crippen LogP contribution in [0.1, 0.15) is 56.8 Å². The molecule has 0 bridgehead atoms. The second-order valence-corrected chi connectivity index (χ2v) is 8.24. The number of nitrogens with one attached hydrogen (secondary N) is 1. The van der Waals surface area contributed by atoms with Gasteiger partial charge in [0.05, 0.1) is 17.8 Å². The maximum Gasteiger partial charge on any atom is 0.413 e. The molecule has 0 fully saturated rings. The van der Waals surface area contributed by atoms with Gasteiger partial charge in [-0.15, -0.1) is 11.3 Å². The van der Waals surface area contributed by atoms with E-state index < -0.39 is 11.7 Å². The molecule has 1 amide bonds. The quantitative estimate of drug-likeness (QED) is 0.782. The maximum atomic E-state index is 12.0. The molecule has 0 unspecified atom stereocenters. The van der Waals surface area contributed by atoms with Crippen molar-refractivity contribution >= 4 is 23.2 Å². The summed E-state index contributed by atoms with van der Waals surface area (Å²) in [5.41, 5.74) is 1.52. The highest BCUT2D eigenvalue weighted by Gasteiger charge is 2.19. The molecule has 1 N–H and O–H groups in total. The fourth-order valence-electron chi connectivity index (χ4n) is 2.35. The molecule has 26 heavy (non-hydrogen) atoms. The van der Waals surface area contributed by atoms with E-state index in [1.807, 2.05) is 26.8 Å². The van der Waals surface area contributed by atoms with E-state index in [0.717, 1.165) is 29.1 Å². The van der Waals surface area contributed by atoms with E-state index in [9.17, 15) is 4.79 Å². The maximum absolute atomic E-state index is 12.0. The van der Waals surface area contributed by atoms with E-state index in [4.69, 9.17) is 9.47 Å². The van der Waals surface area contributed by atoms with Crippen LogP contribution in [0.15, 0.2) is 17.6 Å². The number of nitrogens with zero attached hydrogens (tertiary/aromatic N) is 2. The molecule has 0 aliphatic heterocycles. The number of aryl methyl sites for hydroxylation is 2. The monoisotopic (exact) mass is 377 g/mol. The first kappa shape index (κ1) is 20.2. The predicted molar refractivity (Wildman–Crippen MR) is 104 cm³/mol. The van der Waals surface area contributed by atoms with Gasteiger partial charge in [-0.25, -0.2) is 14.8 Å². The summed E-state index contributed by atoms with van der Waals surface area (Å²) in [5, 5.41) is 5.87. The van der Waals surface area contributed by atoms with E-state index in [1.165, 1.54) is 0 Å². The van der Waals surface area contributed by atoms with Gasteiger partial charge >= 0.3 is 6.09 Å². The molecule has 7 heteroatoms. The number of thiazole rings is 1. The number of rotatable bonds is 6. The lowest BCUT2D eigenvalue weighted by molar-refractivity contribution is 0.0634. The third-order valence-corrected chi connectivity index (χ3v) is 4.51. The van der Waals surface area contributed by atoms with Gasteiger partial charge in [-0.1, -0.05) is 13.8 Å². The van der Waals surface area contributed by atoms with Crippen LogP contribution in [-0.4, -0.2) is 28.8 Å². The van der Waals surface area contributed by atoms with E-state index >= 15 is 0 Å². The minimum Gasteiger partial charge on any atom is -0.493 e. The molecule has 2 aromatic rings. The van der Waals surface area contributed by atoms with Crippen molar-refractivity contribution in [1.82, 2.24) is 9.97 Å². The largest absolute Gasteiger partial charge is 0.493 e. The average molecular weight is 378 g/mol. The lowest BCUT2D eigenvalue weighted by Crippen LogP contribution is -2.27. The van der Waals surface area contributed by atoms with Crippen molar-refractivity contribution in [3.63, 3.8) is 0 Å². The number of anilines is 1. The summed E-state index contributed by atoms with van der Waals surface area (Å²) in [5.74, 6) is 1.35. The molecule has 0 spiro atoms. The van der Waals surface area contributed by atoms with Crippen molar-refractivity contribution in [3.8, 4) is 5.75 Å². The highest BCUT2D eigenvalue weighted by molar-refractivity contribution is 7.09. The molecule has 0 saturated carbocycles. The topological polar surface area (TPSA) is 73.3 Å². The Balaban J connectivity index is 2.10. The summed E-state index contributed by atoms with van der Waals surface area (Å²) in [7, 11) is 1.57. The van der Waals surface area contributed by atoms with Crippen molar-refractivity contribution in [2.75, 3.05) is 12.4 Å². The van der Waals surface area contributed by atoms with E-state index in [0.29, 0.717) is 17.5 Å². The number of carbonyl (C=O) groups is 1. The average Bonchev–Trinajstić information content (AvgIpc) is 3.00. The van der Waals surface area contributed by atoms with Gasteiger partial charge < -0.3 is 9.47 Å². The Morgan fingerprint density at radius 1 is 1.31 bits per heavy atom. The summed E-state index contributed by atoms with van der Waals surface area (Å²) in [6, 6.07) is 1.90. The molecule has 142 valence electrons. The Kier molecular flexibility index (Phi) is 6.58. The second kappa shape index (κ2) is 8.49. The molecule has 6 nitrogen and oxygen atoms in total. The van der Waals surface area contributed by atoms with Crippen LogP contribution < -0.4 is 10.1 Å². The van der Waals surface area contributed by atoms with Gasteiger partial charge in [0.2, 0.25) is 0 Å². The number of ether oxygens (including phenoxy) is 2. The smallest absolute Gasteiger partial charge is 0.413 e. The standard InChI is InChI=1S/C19H27N3O3S/c1-12(2)14-11-26-15(21-14)8-7-13-9-10-20-17(16(13)24-6)22-18(23)25-19(3,4)5/h9-12H,7-8H2,1-6H3,(H,20,22,23). The Morgan fingerprint density at radius 3 is 2.62 bits per heavy atom. The normalized spacial score (nSPS) is 11.5. The van der Waals surface area contributed by atoms with Crippen LogP contribution in [0.4, 0.5) is 10.6 Å². The zero-order chi connectivity index (χ0) is 19.3. The van der Waals surface area contributed by atoms with Gasteiger partial charge in [0.15, 0.2) is 11.6 Å². The van der Waals surface area contributed by atoms with Gasteiger partial charge in [0.1, 0.15) is 5.60 Å². The molecular formula is C19H27N3O3S. The van der Waals surface area contributed by atoms with Gasteiger partial charge in [-0.3, -0.25) is 5.32 Å². The molecule has 0 atom stereocenters. The summed E-state index contributed by atoms with van der Waals surface area (Å²) < 4.78 is 10.8. The zero-order valence-corrected chi connectivity index (χ0v) is 17.1. The lowest BCUT2D eigenvalue weighted by Gasteiger charge is -2.20. The van der Waals surface area contributed by atoms with Crippen molar-refractivity contribution in [1.29, 1.82) is 0 Å². The predicted octanol–water partition coefficient (Wildman–Crippen LogP) is 4.80. The van der Waals surface area contributed by atoms with Crippen LogP contribution in [-0.2, 0) is 17.6 Å². The Labute approximate surface area is 159 Å². The number of methoxy groups -OCH3 is 1. The minimum atomic E-state index is -0.576. The zero-order valence-electron chi connectivity index (χ0n) is 16.3. The second-order valence-electron chi connectivity index (χ2n) is 7.30. The molecule has 0 saturated heterocycles. The third-order valence-electron chi connectivity index (χ3n) is 3.58. The van der Waals surface area contributed by atoms with Gasteiger partial charge in [-0.05, 0) is 44.7 Å². The van der Waals surface area contributed by atoms with Crippen molar-refractivity contribution in [2.24, 2.45) is 0 Å². The highest BCUT2D eigenvalue weighted by atomic mass is 32.1. The van der Waals surface area contributed by atoms with Crippen molar-refractivity contribution in [3.05, 3.63) is 33.9 Å². The molecule has 2 aromatic heterocycles. The molecule has 2 rings (SSSR count). The summed E-state index contributed by atoms with van der Waals surface area (Å²) in [6.45, 7) is 9.71. The molecule has 0 aromatic carbocycles. The number of hydrogen-bond donors (Lipinski definition) is 1. The Morgan fingerprint density at radius 2 is 2.04 bits per heavy atom. The van der Waals surface area contributed by atoms with Crippen LogP contribution in [0, 0.1) is 0 Å². The van der Waals surface area contributed by atoms with Crippen molar-refractivity contribution in [2.45, 2.75) is 59.0 Å². The fraction of sp³-hybridized carbons (Fsp3) is 0.526. The number of carbonyl (C=O) groups excluding carboxylic acids is 1. The van der Waals surface area contributed by atoms with Crippen molar-refractivity contribution < 1.29 is 14.3 Å². The number of hydrogen-bond acceptors (Lipinski definition) is 6. The first-order chi connectivity index (χ1) is 12.2. The highest BCUT2D eigenvalue weighted by Crippen LogP contribution is 2.28. The molecule has 0 aliphatic carbocycles. The molecule has 0 radical (unpaired) electrons. The van der Waals surface area contributed by atoms with E-state index in [-0.39, 0.29) is 0 Å². The summed E-state index contributed by atoms with van der Waals surface area (Å²) in [6.07, 6.45) is 2.66. The van der Waals surface area contributed by atoms with E-state index in [2.05, 4.69) is 34.5 Å². The number of amides is 1. The first-order valence-electron chi connectivity index (χ1n) is 8.65. The molecule has 0 aliphatic rings. The minimum absolute atomic E-state index is 0.362. The van der Waals surface area contributed by atoms with Crippen LogP contribution in [0.25, 0.3) is 0 Å². The Bertz CT molecular complexity index is 751. The molecule has 2 heterocycles. The number of aromatic nitrogens is 2. The van der Waals surface area contributed by atoms with Crippen LogP contribution in [0.5, 0.6) is 5.75 Å². The lowest BCUT2D eigenvalue weighted by atomic mass is 10.1. The van der Waals surface area contributed by atoms with Crippen LogP contribution in [0.3, 0.4) is 0 Å². The third kappa shape index (κ3) is 5.69. The number of pyridine rings is 1. The first-order valence-corrected chi connectivity index (χ1v) is 9.53. The van der Waals surface area contributed by atoms with Crippen LogP contribution in [0.2, 0.25) is 0 Å². The van der Waals surface area contributed by atoms with Gasteiger partial charge in [0, 0.05) is 18.0 Å². The van der Waals surface area contributed by atoms with Gasteiger partial charge in [-0.2, -0.15) is 0 Å². The van der Waals surface area contributed by atoms with Gasteiger partial charge in [0.25, 0.3) is 0 Å². The molecular weight excluding hydrogens is 350 g/mol. The summed E-state index contributed by atoms with van der Waals surface area (Å²) >= 11 is 1.67. The SMILES string of the molecule is COc1c(CCc2nc(C(C)C)cs2)ccnc1NC(=O)OC(C)(C)C.